The molecule has 2 rings (SSSR count). The first-order valence-electron chi connectivity index (χ1n) is 5.39. The van der Waals surface area contributed by atoms with Crippen molar-refractivity contribution in [1.82, 2.24) is 5.32 Å². The van der Waals surface area contributed by atoms with Crippen LogP contribution in [0.1, 0.15) is 17.2 Å². The largest absolute Gasteiger partial charge is 0.309 e. The molecule has 0 aliphatic carbocycles. The van der Waals surface area contributed by atoms with Crippen molar-refractivity contribution in [2.24, 2.45) is 0 Å². The third-order valence-corrected chi connectivity index (χ3v) is 2.65. The summed E-state index contributed by atoms with van der Waals surface area (Å²) in [6.45, 7) is 0. The van der Waals surface area contributed by atoms with E-state index in [0.29, 0.717) is 0 Å². The second-order valence-corrected chi connectivity index (χ2v) is 3.83. The van der Waals surface area contributed by atoms with Gasteiger partial charge in [-0.15, -0.1) is 0 Å². The Morgan fingerprint density at radius 3 is 1.71 bits per heavy atom. The maximum Gasteiger partial charge on any atom is 0.123 e. The Morgan fingerprint density at radius 2 is 1.35 bits per heavy atom. The number of benzene rings is 2. The van der Waals surface area contributed by atoms with E-state index in [0.717, 1.165) is 11.1 Å². The first kappa shape index (κ1) is 11.7. The summed E-state index contributed by atoms with van der Waals surface area (Å²) in [4.78, 5) is 0. The molecule has 0 bridgehead atoms. The highest BCUT2D eigenvalue weighted by Crippen LogP contribution is 2.22. The van der Waals surface area contributed by atoms with Gasteiger partial charge in [-0.25, -0.2) is 8.78 Å². The monoisotopic (exact) mass is 233 g/mol. The molecule has 1 nitrogen and oxygen atoms in total. The molecular weight excluding hydrogens is 220 g/mol. The third kappa shape index (κ3) is 2.68. The highest BCUT2D eigenvalue weighted by Gasteiger charge is 2.12. The minimum Gasteiger partial charge on any atom is -0.309 e. The summed E-state index contributed by atoms with van der Waals surface area (Å²) >= 11 is 0. The van der Waals surface area contributed by atoms with Crippen LogP contribution in [0.2, 0.25) is 0 Å². The molecule has 2 aromatic rings. The molecule has 0 aliphatic rings. The van der Waals surface area contributed by atoms with Gasteiger partial charge < -0.3 is 5.32 Å². The zero-order valence-electron chi connectivity index (χ0n) is 9.45. The first-order valence-corrected chi connectivity index (χ1v) is 5.39. The summed E-state index contributed by atoms with van der Waals surface area (Å²) in [7, 11) is 1.76. The van der Waals surface area contributed by atoms with Gasteiger partial charge in [0.05, 0.1) is 6.04 Å². The van der Waals surface area contributed by atoms with Crippen LogP contribution in [0.5, 0.6) is 0 Å². The molecule has 0 saturated carbocycles. The molecule has 0 aromatic heterocycles. The molecule has 2 aromatic carbocycles. The van der Waals surface area contributed by atoms with Crippen molar-refractivity contribution in [3.8, 4) is 0 Å². The van der Waals surface area contributed by atoms with Crippen molar-refractivity contribution < 1.29 is 8.78 Å². The predicted molar refractivity (Wildman–Crippen MR) is 63.7 cm³/mol. The summed E-state index contributed by atoms with van der Waals surface area (Å²) in [5, 5.41) is 3.06. The van der Waals surface area contributed by atoms with Gasteiger partial charge in [0.2, 0.25) is 0 Å². The van der Waals surface area contributed by atoms with Gasteiger partial charge in [-0.3, -0.25) is 0 Å². The molecule has 0 saturated heterocycles. The van der Waals surface area contributed by atoms with E-state index in [2.05, 4.69) is 5.32 Å². The molecule has 0 heterocycles. The van der Waals surface area contributed by atoms with Crippen molar-refractivity contribution in [3.05, 3.63) is 71.3 Å². The van der Waals surface area contributed by atoms with E-state index >= 15 is 0 Å². The Bertz CT molecular complexity index is 466. The SMILES string of the molecule is CNC(c1cccc(F)c1)c1cccc(F)c1. The summed E-state index contributed by atoms with van der Waals surface area (Å²) in [5.74, 6) is -0.585. The zero-order valence-corrected chi connectivity index (χ0v) is 9.45. The number of hydrogen-bond donors (Lipinski definition) is 1. The zero-order chi connectivity index (χ0) is 12.3. The molecule has 1 N–H and O–H groups in total. The van der Waals surface area contributed by atoms with E-state index in [-0.39, 0.29) is 17.7 Å². The Hall–Kier alpha value is -1.74. The van der Waals surface area contributed by atoms with Crippen LogP contribution >= 0.6 is 0 Å². The summed E-state index contributed by atoms with van der Waals surface area (Å²) in [6, 6.07) is 12.4. The van der Waals surface area contributed by atoms with Crippen LogP contribution in [-0.2, 0) is 0 Å². The van der Waals surface area contributed by atoms with Crippen LogP contribution in [0, 0.1) is 11.6 Å². The van der Waals surface area contributed by atoms with E-state index in [1.807, 2.05) is 12.1 Å². The number of halogens is 2. The molecule has 0 aliphatic heterocycles. The van der Waals surface area contributed by atoms with Crippen LogP contribution in [0.3, 0.4) is 0 Å². The third-order valence-electron chi connectivity index (χ3n) is 2.65. The maximum atomic E-state index is 13.2. The molecule has 3 heteroatoms. The molecule has 17 heavy (non-hydrogen) atoms. The van der Waals surface area contributed by atoms with Crippen molar-refractivity contribution in [1.29, 1.82) is 0 Å². The molecule has 88 valence electrons. The van der Waals surface area contributed by atoms with Gasteiger partial charge in [-0.2, -0.15) is 0 Å². The summed E-state index contributed by atoms with van der Waals surface area (Å²) in [5.41, 5.74) is 1.55. The van der Waals surface area contributed by atoms with Crippen LogP contribution < -0.4 is 5.32 Å². The lowest BCUT2D eigenvalue weighted by atomic mass is 9.99. The number of hydrogen-bond acceptors (Lipinski definition) is 1. The number of rotatable bonds is 3. The molecule has 0 unspecified atom stereocenters. The molecule has 0 fully saturated rings. The maximum absolute atomic E-state index is 13.2. The fraction of sp³-hybridized carbons (Fsp3) is 0.143. The van der Waals surface area contributed by atoms with Gasteiger partial charge in [0.25, 0.3) is 0 Å². The first-order chi connectivity index (χ1) is 8.20. The molecular formula is C14H13F2N. The van der Waals surface area contributed by atoms with Gasteiger partial charge >= 0.3 is 0 Å². The molecule has 0 radical (unpaired) electrons. The quantitative estimate of drug-likeness (QED) is 0.857. The number of nitrogens with one attached hydrogen (secondary N) is 1. The highest BCUT2D eigenvalue weighted by atomic mass is 19.1. The summed E-state index contributed by atoms with van der Waals surface area (Å²) in [6.07, 6.45) is 0. The van der Waals surface area contributed by atoms with Crippen molar-refractivity contribution >= 4 is 0 Å². The molecule has 0 spiro atoms. The van der Waals surface area contributed by atoms with E-state index in [4.69, 9.17) is 0 Å². The van der Waals surface area contributed by atoms with E-state index in [1.165, 1.54) is 24.3 Å². The summed E-state index contributed by atoms with van der Waals surface area (Å²) < 4.78 is 26.3. The van der Waals surface area contributed by atoms with E-state index in [9.17, 15) is 8.78 Å². The van der Waals surface area contributed by atoms with Crippen LogP contribution in [0.25, 0.3) is 0 Å². The minimum atomic E-state index is -0.292. The van der Waals surface area contributed by atoms with Crippen molar-refractivity contribution in [2.75, 3.05) is 7.05 Å². The topological polar surface area (TPSA) is 12.0 Å². The lowest BCUT2D eigenvalue weighted by molar-refractivity contribution is 0.608. The van der Waals surface area contributed by atoms with Gasteiger partial charge in [0.15, 0.2) is 0 Å². The van der Waals surface area contributed by atoms with Crippen molar-refractivity contribution in [3.63, 3.8) is 0 Å². The Morgan fingerprint density at radius 1 is 0.882 bits per heavy atom. The lowest BCUT2D eigenvalue weighted by Crippen LogP contribution is -2.17. The van der Waals surface area contributed by atoms with Gasteiger partial charge in [0, 0.05) is 0 Å². The highest BCUT2D eigenvalue weighted by molar-refractivity contribution is 5.32. The lowest BCUT2D eigenvalue weighted by Gasteiger charge is -2.17. The van der Waals surface area contributed by atoms with E-state index in [1.54, 1.807) is 19.2 Å². The smallest absolute Gasteiger partial charge is 0.123 e. The molecule has 0 atom stereocenters. The van der Waals surface area contributed by atoms with Crippen LogP contribution in [0.4, 0.5) is 8.78 Å². The van der Waals surface area contributed by atoms with Crippen LogP contribution in [-0.4, -0.2) is 7.05 Å². The van der Waals surface area contributed by atoms with E-state index < -0.39 is 0 Å². The average molecular weight is 233 g/mol. The fourth-order valence-corrected chi connectivity index (χ4v) is 1.90. The second kappa shape index (κ2) is 5.06. The Kier molecular flexibility index (Phi) is 3.49. The van der Waals surface area contributed by atoms with Crippen molar-refractivity contribution in [2.45, 2.75) is 6.04 Å². The van der Waals surface area contributed by atoms with Gasteiger partial charge in [-0.1, -0.05) is 24.3 Å². The minimum absolute atomic E-state index is 0.207. The normalized spacial score (nSPS) is 10.8. The Balaban J connectivity index is 2.40. The van der Waals surface area contributed by atoms with Crippen LogP contribution in [0.15, 0.2) is 48.5 Å². The fourth-order valence-electron chi connectivity index (χ4n) is 1.90. The second-order valence-electron chi connectivity index (χ2n) is 3.83. The Labute approximate surface area is 99.1 Å². The predicted octanol–water partition coefficient (Wildman–Crippen LogP) is 3.27. The standard InChI is InChI=1S/C14H13F2N/c1-17-14(10-4-2-6-12(15)8-10)11-5-3-7-13(16)9-11/h2-9,14,17H,1H3. The van der Waals surface area contributed by atoms with Gasteiger partial charge in [-0.05, 0) is 42.4 Å². The average Bonchev–Trinajstić information content (AvgIpc) is 2.30. The van der Waals surface area contributed by atoms with Gasteiger partial charge in [0.1, 0.15) is 11.6 Å². The molecule has 0 amide bonds.